The summed E-state index contributed by atoms with van der Waals surface area (Å²) in [5.41, 5.74) is 1.34. The van der Waals surface area contributed by atoms with Crippen molar-refractivity contribution < 1.29 is 18.8 Å². The molecule has 25 heavy (non-hydrogen) atoms. The van der Waals surface area contributed by atoms with Crippen LogP contribution in [0.5, 0.6) is 0 Å². The van der Waals surface area contributed by atoms with Crippen molar-refractivity contribution in [2.45, 2.75) is 25.4 Å². The van der Waals surface area contributed by atoms with Gasteiger partial charge in [-0.1, -0.05) is 6.07 Å². The normalized spacial score (nSPS) is 16.4. The fraction of sp³-hybridized carbons (Fsp3) is 0.250. The summed E-state index contributed by atoms with van der Waals surface area (Å²) in [6, 6.07) is 4.80. The Kier molecular flexibility index (Phi) is 4.73. The monoisotopic (exact) mass is 345 g/mol. The van der Waals surface area contributed by atoms with E-state index in [4.69, 9.17) is 0 Å². The summed E-state index contributed by atoms with van der Waals surface area (Å²) < 4.78 is 14.7. The minimum atomic E-state index is -0.672. The SMILES string of the molecule is O=C(CC[C@@H]1NC(=O)NC1=O)NCc1cnn(-c2cccc(F)c2)c1. The van der Waals surface area contributed by atoms with Crippen LogP contribution in [0.2, 0.25) is 0 Å². The van der Waals surface area contributed by atoms with E-state index in [0.717, 1.165) is 5.56 Å². The molecule has 9 heteroatoms. The molecule has 1 aromatic heterocycles. The number of rotatable bonds is 6. The highest BCUT2D eigenvalue weighted by atomic mass is 19.1. The predicted molar refractivity (Wildman–Crippen MR) is 85.1 cm³/mol. The topological polar surface area (TPSA) is 105 Å². The summed E-state index contributed by atoms with van der Waals surface area (Å²) in [6.07, 6.45) is 3.61. The van der Waals surface area contributed by atoms with E-state index in [1.165, 1.54) is 16.8 Å². The molecule has 1 aromatic carbocycles. The van der Waals surface area contributed by atoms with E-state index in [9.17, 15) is 18.8 Å². The lowest BCUT2D eigenvalue weighted by molar-refractivity contribution is -0.122. The molecule has 2 heterocycles. The van der Waals surface area contributed by atoms with E-state index in [-0.39, 0.29) is 31.1 Å². The largest absolute Gasteiger partial charge is 0.352 e. The molecule has 0 unspecified atom stereocenters. The Morgan fingerprint density at radius 3 is 2.92 bits per heavy atom. The van der Waals surface area contributed by atoms with Gasteiger partial charge in [0.15, 0.2) is 0 Å². The van der Waals surface area contributed by atoms with Crippen molar-refractivity contribution in [2.75, 3.05) is 0 Å². The molecule has 1 saturated heterocycles. The number of halogens is 1. The van der Waals surface area contributed by atoms with Crippen LogP contribution in [0.15, 0.2) is 36.7 Å². The fourth-order valence-electron chi connectivity index (χ4n) is 2.44. The number of imide groups is 1. The maximum atomic E-state index is 13.2. The van der Waals surface area contributed by atoms with Crippen molar-refractivity contribution >= 4 is 17.8 Å². The zero-order valence-electron chi connectivity index (χ0n) is 13.2. The second-order valence-corrected chi connectivity index (χ2v) is 5.60. The van der Waals surface area contributed by atoms with Crippen molar-refractivity contribution in [1.29, 1.82) is 0 Å². The molecule has 130 valence electrons. The minimum absolute atomic E-state index is 0.108. The van der Waals surface area contributed by atoms with Gasteiger partial charge in [-0.25, -0.2) is 13.9 Å². The third-order valence-electron chi connectivity index (χ3n) is 3.72. The molecule has 0 saturated carbocycles. The van der Waals surface area contributed by atoms with Crippen LogP contribution in [0.4, 0.5) is 9.18 Å². The number of hydrogen-bond acceptors (Lipinski definition) is 4. The van der Waals surface area contributed by atoms with Crippen LogP contribution in [-0.4, -0.2) is 33.7 Å². The molecule has 0 radical (unpaired) electrons. The van der Waals surface area contributed by atoms with Gasteiger partial charge in [-0.05, 0) is 24.6 Å². The van der Waals surface area contributed by atoms with Crippen LogP contribution in [0.1, 0.15) is 18.4 Å². The van der Waals surface area contributed by atoms with Gasteiger partial charge in [0, 0.05) is 24.7 Å². The van der Waals surface area contributed by atoms with Crippen LogP contribution in [-0.2, 0) is 16.1 Å². The minimum Gasteiger partial charge on any atom is -0.352 e. The highest BCUT2D eigenvalue weighted by Crippen LogP contribution is 2.10. The summed E-state index contributed by atoms with van der Waals surface area (Å²) >= 11 is 0. The lowest BCUT2D eigenvalue weighted by Gasteiger charge is -2.07. The van der Waals surface area contributed by atoms with Gasteiger partial charge in [0.2, 0.25) is 5.91 Å². The molecule has 3 N–H and O–H groups in total. The number of carbonyl (C=O) groups is 3. The standard InChI is InChI=1S/C16H16FN5O3/c17-11-2-1-3-12(6-11)22-9-10(8-19-22)7-18-14(23)5-4-13-15(24)21-16(25)20-13/h1-3,6,8-9,13H,4-5,7H2,(H,18,23)(H2,20,21,24,25)/t13-/m0/s1. The number of carbonyl (C=O) groups excluding carboxylic acids is 3. The summed E-state index contributed by atoms with van der Waals surface area (Å²) in [7, 11) is 0. The van der Waals surface area contributed by atoms with Gasteiger partial charge in [-0.2, -0.15) is 5.10 Å². The maximum Gasteiger partial charge on any atom is 0.322 e. The third-order valence-corrected chi connectivity index (χ3v) is 3.72. The molecule has 0 bridgehead atoms. The van der Waals surface area contributed by atoms with Crippen LogP contribution in [0.3, 0.4) is 0 Å². The van der Waals surface area contributed by atoms with Gasteiger partial charge in [0.05, 0.1) is 11.9 Å². The van der Waals surface area contributed by atoms with E-state index in [0.29, 0.717) is 5.69 Å². The number of amides is 4. The average molecular weight is 345 g/mol. The van der Waals surface area contributed by atoms with Gasteiger partial charge < -0.3 is 10.6 Å². The van der Waals surface area contributed by atoms with Gasteiger partial charge in [0.25, 0.3) is 5.91 Å². The van der Waals surface area contributed by atoms with Crippen LogP contribution in [0, 0.1) is 5.82 Å². The Hall–Kier alpha value is -3.23. The van der Waals surface area contributed by atoms with Gasteiger partial charge in [-0.15, -0.1) is 0 Å². The predicted octanol–water partition coefficient (Wildman–Crippen LogP) is 0.616. The second-order valence-electron chi connectivity index (χ2n) is 5.60. The van der Waals surface area contributed by atoms with Crippen LogP contribution >= 0.6 is 0 Å². The molecule has 3 rings (SSSR count). The highest BCUT2D eigenvalue weighted by molar-refractivity contribution is 6.04. The molecule has 1 atom stereocenters. The Balaban J connectivity index is 1.48. The van der Waals surface area contributed by atoms with Gasteiger partial charge in [0.1, 0.15) is 11.9 Å². The number of nitrogens with zero attached hydrogens (tertiary/aromatic N) is 2. The quantitative estimate of drug-likeness (QED) is 0.667. The summed E-state index contributed by atoms with van der Waals surface area (Å²) in [5.74, 6) is -1.02. The smallest absolute Gasteiger partial charge is 0.322 e. The number of nitrogens with one attached hydrogen (secondary N) is 3. The Morgan fingerprint density at radius 2 is 2.20 bits per heavy atom. The fourth-order valence-corrected chi connectivity index (χ4v) is 2.44. The Bertz CT molecular complexity index is 820. The average Bonchev–Trinajstić information content (AvgIpc) is 3.17. The zero-order valence-corrected chi connectivity index (χ0v) is 13.2. The first-order chi connectivity index (χ1) is 12.0. The molecule has 0 spiro atoms. The van der Waals surface area contributed by atoms with Crippen molar-refractivity contribution in [3.05, 3.63) is 48.0 Å². The van der Waals surface area contributed by atoms with Crippen molar-refractivity contribution in [3.8, 4) is 5.69 Å². The molecule has 2 aromatic rings. The summed E-state index contributed by atoms with van der Waals surface area (Å²) in [6.45, 7) is 0.261. The van der Waals surface area contributed by atoms with Crippen molar-refractivity contribution in [1.82, 2.24) is 25.7 Å². The lowest BCUT2D eigenvalue weighted by Crippen LogP contribution is -2.31. The first-order valence-electron chi connectivity index (χ1n) is 7.69. The highest BCUT2D eigenvalue weighted by Gasteiger charge is 2.29. The number of aromatic nitrogens is 2. The molecule has 0 aliphatic carbocycles. The first-order valence-corrected chi connectivity index (χ1v) is 7.69. The third kappa shape index (κ3) is 4.19. The van der Waals surface area contributed by atoms with E-state index in [1.54, 1.807) is 24.5 Å². The summed E-state index contributed by atoms with van der Waals surface area (Å²) in [5, 5.41) is 11.4. The van der Waals surface area contributed by atoms with Crippen molar-refractivity contribution in [3.63, 3.8) is 0 Å². The van der Waals surface area contributed by atoms with Gasteiger partial charge >= 0.3 is 6.03 Å². The van der Waals surface area contributed by atoms with Gasteiger partial charge in [-0.3, -0.25) is 14.9 Å². The number of benzene rings is 1. The molecular weight excluding hydrogens is 329 g/mol. The molecule has 4 amide bonds. The molecule has 1 fully saturated rings. The van der Waals surface area contributed by atoms with Crippen molar-refractivity contribution in [2.24, 2.45) is 0 Å². The molecule has 8 nitrogen and oxygen atoms in total. The zero-order chi connectivity index (χ0) is 17.8. The second kappa shape index (κ2) is 7.12. The molecular formula is C16H16FN5O3. The number of urea groups is 1. The maximum absolute atomic E-state index is 13.2. The first kappa shape index (κ1) is 16.6. The van der Waals surface area contributed by atoms with E-state index >= 15 is 0 Å². The van der Waals surface area contributed by atoms with E-state index < -0.39 is 18.0 Å². The van der Waals surface area contributed by atoms with E-state index in [1.807, 2.05) is 0 Å². The lowest BCUT2D eigenvalue weighted by atomic mass is 10.1. The van der Waals surface area contributed by atoms with E-state index in [2.05, 4.69) is 21.0 Å². The Labute approximate surface area is 142 Å². The Morgan fingerprint density at radius 1 is 1.36 bits per heavy atom. The molecule has 1 aliphatic heterocycles. The van der Waals surface area contributed by atoms with Crippen LogP contribution < -0.4 is 16.0 Å². The van der Waals surface area contributed by atoms with Crippen LogP contribution in [0.25, 0.3) is 5.69 Å². The number of hydrogen-bond donors (Lipinski definition) is 3. The summed E-state index contributed by atoms with van der Waals surface area (Å²) in [4.78, 5) is 34.2. The molecule has 1 aliphatic rings.